The van der Waals surface area contributed by atoms with Gasteiger partial charge in [0.15, 0.2) is 0 Å². The zero-order valence-electron chi connectivity index (χ0n) is 4.91. The molecule has 0 bridgehead atoms. The first-order valence-corrected chi connectivity index (χ1v) is 6.86. The molecule has 0 aromatic carbocycles. The molecule has 2 N–H and O–H groups in total. The van der Waals surface area contributed by atoms with Crippen LogP contribution in [0.3, 0.4) is 0 Å². The van der Waals surface area contributed by atoms with Gasteiger partial charge in [-0.3, -0.25) is 0 Å². The van der Waals surface area contributed by atoms with Crippen molar-refractivity contribution in [2.75, 3.05) is 6.54 Å². The molecule has 7 heavy (non-hydrogen) atoms. The molecule has 0 aliphatic carbocycles. The third kappa shape index (κ3) is 6.76. The molecule has 0 amide bonds. The summed E-state index contributed by atoms with van der Waals surface area (Å²) in [5, 5.41) is 0. The molecule has 0 rings (SSSR count). The average molecular weight is 206 g/mol. The topological polar surface area (TPSA) is 26.0 Å². The Morgan fingerprint density at radius 1 is 1.57 bits per heavy atom. The van der Waals surface area contributed by atoms with Crippen molar-refractivity contribution in [1.29, 1.82) is 0 Å². The van der Waals surface area contributed by atoms with Crippen molar-refractivity contribution < 1.29 is 0 Å². The Morgan fingerprint density at radius 3 is 2.71 bits per heavy atom. The summed E-state index contributed by atoms with van der Waals surface area (Å²) in [7, 11) is 0. The minimum absolute atomic E-state index is 0.104. The summed E-state index contributed by atoms with van der Waals surface area (Å²) in [5.74, 6) is 0. The Bertz CT molecular complexity index is 27.3. The van der Waals surface area contributed by atoms with E-state index in [-0.39, 0.29) is 21.1 Å². The van der Waals surface area contributed by atoms with Gasteiger partial charge in [0.2, 0.25) is 0 Å². The maximum absolute atomic E-state index is 5.30. The van der Waals surface area contributed by atoms with Crippen LogP contribution in [0.1, 0.15) is 13.3 Å². The van der Waals surface area contributed by atoms with Crippen LogP contribution in [0.4, 0.5) is 0 Å². The van der Waals surface area contributed by atoms with Crippen LogP contribution in [0.2, 0.25) is 8.87 Å². The van der Waals surface area contributed by atoms with Crippen LogP contribution in [-0.4, -0.2) is 27.7 Å². The summed E-state index contributed by atoms with van der Waals surface area (Å²) in [4.78, 5) is 0. The van der Waals surface area contributed by atoms with Gasteiger partial charge in [-0.05, 0) is 0 Å². The van der Waals surface area contributed by atoms with Crippen molar-refractivity contribution in [2.24, 2.45) is 5.73 Å². The number of rotatable bonds is 4. The van der Waals surface area contributed by atoms with E-state index in [1.54, 1.807) is 0 Å². The first-order chi connectivity index (χ1) is 3.41. The van der Waals surface area contributed by atoms with Crippen molar-refractivity contribution in [1.82, 2.24) is 0 Å². The molecular formula is C5H13NSn+2. The van der Waals surface area contributed by atoms with E-state index < -0.39 is 0 Å². The molecular weight excluding hydrogens is 193 g/mol. The minimum atomic E-state index is 0.104. The van der Waals surface area contributed by atoms with Gasteiger partial charge < -0.3 is 0 Å². The van der Waals surface area contributed by atoms with E-state index in [4.69, 9.17) is 5.73 Å². The molecule has 0 aromatic rings. The fourth-order valence-corrected chi connectivity index (χ4v) is 2.71. The van der Waals surface area contributed by atoms with Crippen LogP contribution in [0, 0.1) is 0 Å². The van der Waals surface area contributed by atoms with Crippen molar-refractivity contribution >= 4 is 21.1 Å². The second kappa shape index (κ2) is 6.76. The average Bonchev–Trinajstić information content (AvgIpc) is 1.69. The fraction of sp³-hybridized carbons (Fsp3) is 1.00. The van der Waals surface area contributed by atoms with E-state index in [0.29, 0.717) is 0 Å². The summed E-state index contributed by atoms with van der Waals surface area (Å²) in [6.07, 6.45) is 1.28. The van der Waals surface area contributed by atoms with Crippen LogP contribution < -0.4 is 5.73 Å². The predicted octanol–water partition coefficient (Wildman–Crippen LogP) is 0.896. The molecule has 40 valence electrons. The molecule has 2 heteroatoms. The van der Waals surface area contributed by atoms with Crippen LogP contribution in [0.25, 0.3) is 0 Å². The summed E-state index contributed by atoms with van der Waals surface area (Å²) < 4.78 is 2.96. The molecule has 0 aliphatic heterocycles. The zero-order valence-corrected chi connectivity index (χ0v) is 7.76. The van der Waals surface area contributed by atoms with Crippen LogP contribution >= 0.6 is 0 Å². The van der Waals surface area contributed by atoms with Gasteiger partial charge in [-0.2, -0.15) is 0 Å². The van der Waals surface area contributed by atoms with E-state index in [9.17, 15) is 0 Å². The molecule has 1 nitrogen and oxygen atoms in total. The molecule has 0 unspecified atom stereocenters. The Hall–Kier alpha value is 0.759. The monoisotopic (exact) mass is 207 g/mol. The fourth-order valence-electron chi connectivity index (χ4n) is 0.404. The normalized spacial score (nSPS) is 8.29. The maximum atomic E-state index is 5.30. The molecule has 0 aliphatic rings. The van der Waals surface area contributed by atoms with Gasteiger partial charge in [0, 0.05) is 0 Å². The van der Waals surface area contributed by atoms with E-state index in [0.717, 1.165) is 6.54 Å². The third-order valence-corrected chi connectivity index (χ3v) is 4.25. The van der Waals surface area contributed by atoms with Gasteiger partial charge in [0.25, 0.3) is 0 Å². The molecule has 0 saturated carbocycles. The number of hydrogen-bond acceptors (Lipinski definition) is 1. The molecule has 0 radical (unpaired) electrons. The summed E-state index contributed by atoms with van der Waals surface area (Å²) in [5.41, 5.74) is 5.30. The summed E-state index contributed by atoms with van der Waals surface area (Å²) in [6.45, 7) is 3.18. The molecule has 0 atom stereocenters. The van der Waals surface area contributed by atoms with Crippen molar-refractivity contribution in [3.8, 4) is 0 Å². The standard InChI is InChI=1S/C3H8N.C2H5.Sn/c1-2-3-4;1-2;/h1-4H2;1H2,2H3;/q;;+2. The molecule has 0 heterocycles. The van der Waals surface area contributed by atoms with Gasteiger partial charge in [-0.25, -0.2) is 0 Å². The van der Waals surface area contributed by atoms with Crippen molar-refractivity contribution in [3.05, 3.63) is 0 Å². The second-order valence-electron chi connectivity index (χ2n) is 1.50. The van der Waals surface area contributed by atoms with E-state index in [1.165, 1.54) is 15.3 Å². The second-order valence-corrected chi connectivity index (χ2v) is 6.37. The molecule has 0 spiro atoms. The Labute approximate surface area is 55.9 Å². The summed E-state index contributed by atoms with van der Waals surface area (Å²) in [6, 6.07) is 0. The molecule has 0 fully saturated rings. The van der Waals surface area contributed by atoms with Gasteiger partial charge >= 0.3 is 55.6 Å². The Morgan fingerprint density at radius 2 is 2.29 bits per heavy atom. The van der Waals surface area contributed by atoms with Crippen molar-refractivity contribution in [2.45, 2.75) is 22.2 Å². The summed E-state index contributed by atoms with van der Waals surface area (Å²) >= 11 is 0.104. The van der Waals surface area contributed by atoms with E-state index in [1.807, 2.05) is 0 Å². The predicted molar refractivity (Wildman–Crippen MR) is 34.7 cm³/mol. The number of hydrogen-bond donors (Lipinski definition) is 1. The van der Waals surface area contributed by atoms with Gasteiger partial charge in [-0.1, -0.05) is 0 Å². The zero-order chi connectivity index (χ0) is 5.54. The first-order valence-electron chi connectivity index (χ1n) is 2.82. The molecule has 0 saturated heterocycles. The van der Waals surface area contributed by atoms with Crippen molar-refractivity contribution in [3.63, 3.8) is 0 Å². The van der Waals surface area contributed by atoms with Crippen LogP contribution in [0.5, 0.6) is 0 Å². The van der Waals surface area contributed by atoms with E-state index >= 15 is 0 Å². The molecule has 0 aromatic heterocycles. The van der Waals surface area contributed by atoms with Crippen LogP contribution in [-0.2, 0) is 0 Å². The Kier molecular flexibility index (Phi) is 7.49. The quantitative estimate of drug-likeness (QED) is 0.536. The number of nitrogens with two attached hydrogens (primary N) is 1. The third-order valence-electron chi connectivity index (χ3n) is 0.808. The van der Waals surface area contributed by atoms with Gasteiger partial charge in [0.05, 0.1) is 0 Å². The van der Waals surface area contributed by atoms with Crippen LogP contribution in [0.15, 0.2) is 0 Å². The van der Waals surface area contributed by atoms with Gasteiger partial charge in [-0.15, -0.1) is 0 Å². The SMILES string of the molecule is C[CH2][Sn+2][CH2]CCN. The Balaban J connectivity index is 2.45. The van der Waals surface area contributed by atoms with Gasteiger partial charge in [0.1, 0.15) is 0 Å². The first kappa shape index (κ1) is 7.76. The van der Waals surface area contributed by atoms with E-state index in [2.05, 4.69) is 6.92 Å².